The second-order valence-electron chi connectivity index (χ2n) is 5.55. The van der Waals surface area contributed by atoms with E-state index in [-0.39, 0.29) is 5.60 Å². The van der Waals surface area contributed by atoms with Gasteiger partial charge in [-0.3, -0.25) is 0 Å². The highest BCUT2D eigenvalue weighted by atomic mass is 127. The molecule has 0 unspecified atom stereocenters. The zero-order valence-electron chi connectivity index (χ0n) is 13.6. The molecule has 0 spiro atoms. The van der Waals surface area contributed by atoms with Crippen LogP contribution in [0.5, 0.6) is 0 Å². The third-order valence-corrected chi connectivity index (χ3v) is 9.82. The maximum absolute atomic E-state index is 6.91. The molecule has 0 saturated carbocycles. The Morgan fingerprint density at radius 3 is 2.00 bits per heavy atom. The summed E-state index contributed by atoms with van der Waals surface area (Å²) in [6.45, 7) is 11.6. The topological polar surface area (TPSA) is 9.23 Å². The molecule has 3 heteroatoms. The van der Waals surface area contributed by atoms with Gasteiger partial charge in [-0.2, -0.15) is 0 Å². The van der Waals surface area contributed by atoms with E-state index in [0.717, 1.165) is 12.8 Å². The van der Waals surface area contributed by atoms with Crippen LogP contribution in [0, 0.1) is 0 Å². The fraction of sp³-hybridized carbons (Fsp3) is 0.875. The van der Waals surface area contributed by atoms with Crippen LogP contribution in [-0.2, 0) is 4.43 Å². The maximum atomic E-state index is 6.91. The molecular weight excluding hydrogens is 363 g/mol. The standard InChI is InChI=1S/C16H33IOSi/c1-6-11-13-16(7-2,14-12-15-17)18-19(8-3,9-4)10-5/h12,15H,6-11,13-14H2,1-5H3/b15-12+/t16-/m0/s1. The van der Waals surface area contributed by atoms with Gasteiger partial charge < -0.3 is 4.43 Å². The van der Waals surface area contributed by atoms with Crippen molar-refractivity contribution in [2.24, 2.45) is 0 Å². The van der Waals surface area contributed by atoms with E-state index in [4.69, 9.17) is 4.43 Å². The van der Waals surface area contributed by atoms with Crippen LogP contribution in [-0.4, -0.2) is 13.9 Å². The van der Waals surface area contributed by atoms with Gasteiger partial charge in [0.05, 0.1) is 5.60 Å². The highest BCUT2D eigenvalue weighted by Crippen LogP contribution is 2.36. The van der Waals surface area contributed by atoms with Crippen LogP contribution in [0.25, 0.3) is 0 Å². The minimum atomic E-state index is -1.51. The predicted molar refractivity (Wildman–Crippen MR) is 98.6 cm³/mol. The lowest BCUT2D eigenvalue weighted by molar-refractivity contribution is 0.0433. The lowest BCUT2D eigenvalue weighted by atomic mass is 9.90. The lowest BCUT2D eigenvalue weighted by Crippen LogP contribution is -2.47. The summed E-state index contributed by atoms with van der Waals surface area (Å²) in [5.41, 5.74) is 0.103. The molecule has 0 rings (SSSR count). The molecule has 114 valence electrons. The van der Waals surface area contributed by atoms with Crippen molar-refractivity contribution in [1.29, 1.82) is 0 Å². The van der Waals surface area contributed by atoms with Gasteiger partial charge >= 0.3 is 0 Å². The van der Waals surface area contributed by atoms with Gasteiger partial charge in [0, 0.05) is 0 Å². The van der Waals surface area contributed by atoms with Crippen LogP contribution in [0.4, 0.5) is 0 Å². The Balaban J connectivity index is 5.07. The van der Waals surface area contributed by atoms with Crippen LogP contribution in [0.15, 0.2) is 10.2 Å². The number of unbranched alkanes of at least 4 members (excludes halogenated alkanes) is 1. The van der Waals surface area contributed by atoms with Crippen LogP contribution < -0.4 is 0 Å². The highest BCUT2D eigenvalue weighted by molar-refractivity contribution is 14.1. The summed E-state index contributed by atoms with van der Waals surface area (Å²) in [4.78, 5) is 0. The van der Waals surface area contributed by atoms with Gasteiger partial charge in [0.1, 0.15) is 0 Å². The van der Waals surface area contributed by atoms with Crippen molar-refractivity contribution in [3.8, 4) is 0 Å². The summed E-state index contributed by atoms with van der Waals surface area (Å²) in [5, 5.41) is 0. The third-order valence-electron chi connectivity index (χ3n) is 4.58. The number of hydrogen-bond donors (Lipinski definition) is 0. The Labute approximate surface area is 135 Å². The Bertz CT molecular complexity index is 243. The van der Waals surface area contributed by atoms with Crippen molar-refractivity contribution < 1.29 is 4.43 Å². The van der Waals surface area contributed by atoms with Crippen molar-refractivity contribution in [1.82, 2.24) is 0 Å². The van der Waals surface area contributed by atoms with Crippen molar-refractivity contribution in [2.45, 2.75) is 90.5 Å². The minimum absolute atomic E-state index is 0.103. The number of rotatable bonds is 11. The molecule has 0 N–H and O–H groups in total. The first-order chi connectivity index (χ1) is 9.07. The van der Waals surface area contributed by atoms with E-state index in [1.54, 1.807) is 0 Å². The molecule has 0 aliphatic rings. The maximum Gasteiger partial charge on any atom is 0.192 e. The molecule has 0 amide bonds. The molecule has 0 heterocycles. The quantitative estimate of drug-likeness (QED) is 0.279. The van der Waals surface area contributed by atoms with Crippen LogP contribution in [0.3, 0.4) is 0 Å². The van der Waals surface area contributed by atoms with Crippen LogP contribution >= 0.6 is 22.6 Å². The van der Waals surface area contributed by atoms with E-state index < -0.39 is 8.32 Å². The number of halogens is 1. The number of hydrogen-bond acceptors (Lipinski definition) is 1. The summed E-state index contributed by atoms with van der Waals surface area (Å²) >= 11 is 2.32. The van der Waals surface area contributed by atoms with E-state index in [9.17, 15) is 0 Å². The fourth-order valence-corrected chi connectivity index (χ4v) is 6.21. The van der Waals surface area contributed by atoms with E-state index >= 15 is 0 Å². The Morgan fingerprint density at radius 2 is 1.63 bits per heavy atom. The third kappa shape index (κ3) is 6.30. The Hall–Kier alpha value is 0.647. The second-order valence-corrected chi connectivity index (χ2v) is 11.0. The molecule has 0 aliphatic carbocycles. The molecule has 1 nitrogen and oxygen atoms in total. The average Bonchev–Trinajstić information content (AvgIpc) is 2.47. The summed E-state index contributed by atoms with van der Waals surface area (Å²) in [5.74, 6) is 0. The van der Waals surface area contributed by atoms with Gasteiger partial charge in [-0.15, -0.1) is 0 Å². The molecule has 1 atom stereocenters. The van der Waals surface area contributed by atoms with Crippen LogP contribution in [0.1, 0.15) is 66.7 Å². The van der Waals surface area contributed by atoms with Gasteiger partial charge in [-0.25, -0.2) is 0 Å². The van der Waals surface area contributed by atoms with Gasteiger partial charge in [-0.1, -0.05) is 76.1 Å². The van der Waals surface area contributed by atoms with Crippen molar-refractivity contribution in [2.75, 3.05) is 0 Å². The summed E-state index contributed by atoms with van der Waals surface area (Å²) in [6, 6.07) is 3.76. The SMILES string of the molecule is CCCC[C@@](CC)(C/C=C/I)O[Si](CC)(CC)CC. The normalized spacial score (nSPS) is 15.9. The molecule has 0 aromatic rings. The summed E-state index contributed by atoms with van der Waals surface area (Å²) in [6.07, 6.45) is 8.28. The van der Waals surface area contributed by atoms with Gasteiger partial charge in [0.25, 0.3) is 0 Å². The molecule has 0 aromatic carbocycles. The minimum Gasteiger partial charge on any atom is -0.411 e. The van der Waals surface area contributed by atoms with Crippen molar-refractivity contribution >= 4 is 30.9 Å². The van der Waals surface area contributed by atoms with Crippen molar-refractivity contribution in [3.63, 3.8) is 0 Å². The Kier molecular flexibility index (Phi) is 10.7. The molecule has 0 aliphatic heterocycles. The van der Waals surface area contributed by atoms with E-state index in [0.29, 0.717) is 0 Å². The monoisotopic (exact) mass is 396 g/mol. The van der Waals surface area contributed by atoms with Gasteiger partial charge in [0.2, 0.25) is 0 Å². The molecule has 0 bridgehead atoms. The predicted octanol–water partition coefficient (Wildman–Crippen LogP) is 6.69. The van der Waals surface area contributed by atoms with E-state index in [1.807, 2.05) is 0 Å². The first-order valence-electron chi connectivity index (χ1n) is 8.02. The Morgan fingerprint density at radius 1 is 1.05 bits per heavy atom. The lowest BCUT2D eigenvalue weighted by Gasteiger charge is -2.42. The first-order valence-corrected chi connectivity index (χ1v) is 11.8. The average molecular weight is 396 g/mol. The summed E-state index contributed by atoms with van der Waals surface area (Å²) in [7, 11) is -1.51. The van der Waals surface area contributed by atoms with Crippen LogP contribution in [0.2, 0.25) is 18.1 Å². The second kappa shape index (κ2) is 10.4. The highest BCUT2D eigenvalue weighted by Gasteiger charge is 2.38. The largest absolute Gasteiger partial charge is 0.411 e. The van der Waals surface area contributed by atoms with Gasteiger partial charge in [0.15, 0.2) is 8.32 Å². The molecular formula is C16H33IOSi. The zero-order chi connectivity index (χ0) is 14.8. The smallest absolute Gasteiger partial charge is 0.192 e. The van der Waals surface area contributed by atoms with Crippen molar-refractivity contribution in [3.05, 3.63) is 10.2 Å². The molecule has 0 saturated heterocycles. The molecule has 0 fully saturated rings. The first kappa shape index (κ1) is 19.6. The fourth-order valence-electron chi connectivity index (χ4n) is 2.77. The molecule has 0 radical (unpaired) electrons. The van der Waals surface area contributed by atoms with E-state index in [1.165, 1.54) is 37.4 Å². The molecule has 0 aromatic heterocycles. The van der Waals surface area contributed by atoms with Gasteiger partial charge in [-0.05, 0) is 41.5 Å². The summed E-state index contributed by atoms with van der Waals surface area (Å²) < 4.78 is 9.05. The zero-order valence-corrected chi connectivity index (χ0v) is 16.8. The molecule has 19 heavy (non-hydrogen) atoms. The van der Waals surface area contributed by atoms with E-state index in [2.05, 4.69) is 67.4 Å².